The lowest BCUT2D eigenvalue weighted by Crippen LogP contribution is -2.13. The largest absolute Gasteiger partial charge is 0.466 e. The minimum Gasteiger partial charge on any atom is -0.466 e. The van der Waals surface area contributed by atoms with Crippen LogP contribution in [-0.4, -0.2) is 15.9 Å². The standard InChI is InChI=1S/C20H21N3O2S/c1-11-10-12(2)22-20(21-11)26-17-8-6-16(7-9-17)23-19(24)18-13(3)14(4)25-15(18)5/h6-10H,1-5H3,(H,23,24). The number of amides is 1. The number of hydrogen-bond acceptors (Lipinski definition) is 5. The normalized spacial score (nSPS) is 10.8. The van der Waals surface area contributed by atoms with E-state index in [1.807, 2.05) is 58.0 Å². The number of aryl methyl sites for hydroxylation is 4. The Bertz CT molecular complexity index is 942. The average Bonchev–Trinajstić information content (AvgIpc) is 2.81. The van der Waals surface area contributed by atoms with Crippen molar-refractivity contribution in [3.63, 3.8) is 0 Å². The first kappa shape index (κ1) is 18.2. The summed E-state index contributed by atoms with van der Waals surface area (Å²) in [6.07, 6.45) is 0. The highest BCUT2D eigenvalue weighted by atomic mass is 32.2. The molecule has 3 rings (SSSR count). The molecule has 1 N–H and O–H groups in total. The van der Waals surface area contributed by atoms with Crippen LogP contribution in [0.1, 0.15) is 38.8 Å². The summed E-state index contributed by atoms with van der Waals surface area (Å²) >= 11 is 1.50. The molecule has 134 valence electrons. The fourth-order valence-electron chi connectivity index (χ4n) is 2.77. The Morgan fingerprint density at radius 2 is 1.58 bits per heavy atom. The van der Waals surface area contributed by atoms with E-state index in [1.54, 1.807) is 6.92 Å². The van der Waals surface area contributed by atoms with Gasteiger partial charge in [0.2, 0.25) is 0 Å². The van der Waals surface area contributed by atoms with Crippen molar-refractivity contribution in [2.45, 2.75) is 44.7 Å². The van der Waals surface area contributed by atoms with Gasteiger partial charge in [-0.1, -0.05) is 0 Å². The molecule has 0 saturated carbocycles. The molecular weight excluding hydrogens is 346 g/mol. The second-order valence-corrected chi connectivity index (χ2v) is 7.27. The Hall–Kier alpha value is -2.60. The summed E-state index contributed by atoms with van der Waals surface area (Å²) in [7, 11) is 0. The Morgan fingerprint density at radius 1 is 0.962 bits per heavy atom. The number of benzene rings is 1. The van der Waals surface area contributed by atoms with Crippen LogP contribution in [0.4, 0.5) is 5.69 Å². The lowest BCUT2D eigenvalue weighted by molar-refractivity contribution is 0.102. The summed E-state index contributed by atoms with van der Waals surface area (Å²) in [4.78, 5) is 22.4. The van der Waals surface area contributed by atoms with E-state index in [1.165, 1.54) is 11.8 Å². The Morgan fingerprint density at radius 3 is 2.12 bits per heavy atom. The van der Waals surface area contributed by atoms with Crippen molar-refractivity contribution in [3.05, 3.63) is 64.4 Å². The summed E-state index contributed by atoms with van der Waals surface area (Å²) in [5.74, 6) is 1.25. The SMILES string of the molecule is Cc1cc(C)nc(Sc2ccc(NC(=O)c3c(C)oc(C)c3C)cc2)n1. The second-order valence-electron chi connectivity index (χ2n) is 6.23. The van der Waals surface area contributed by atoms with E-state index in [0.717, 1.165) is 38.5 Å². The van der Waals surface area contributed by atoms with E-state index in [2.05, 4.69) is 15.3 Å². The Kier molecular flexibility index (Phi) is 5.13. The second kappa shape index (κ2) is 7.33. The predicted molar refractivity (Wildman–Crippen MR) is 103 cm³/mol. The van der Waals surface area contributed by atoms with Crippen molar-refractivity contribution in [2.24, 2.45) is 0 Å². The third-order valence-corrected chi connectivity index (χ3v) is 4.94. The topological polar surface area (TPSA) is 68.0 Å². The average molecular weight is 367 g/mol. The monoisotopic (exact) mass is 367 g/mol. The summed E-state index contributed by atoms with van der Waals surface area (Å²) in [5, 5.41) is 3.64. The van der Waals surface area contributed by atoms with Crippen LogP contribution in [0.2, 0.25) is 0 Å². The minimum absolute atomic E-state index is 0.158. The molecule has 1 aromatic carbocycles. The number of anilines is 1. The number of carbonyl (C=O) groups excluding carboxylic acids is 1. The van der Waals surface area contributed by atoms with Gasteiger partial charge in [-0.15, -0.1) is 0 Å². The highest BCUT2D eigenvalue weighted by molar-refractivity contribution is 7.99. The molecule has 0 aliphatic rings. The van der Waals surface area contributed by atoms with Crippen LogP contribution in [-0.2, 0) is 0 Å². The van der Waals surface area contributed by atoms with Crippen LogP contribution >= 0.6 is 11.8 Å². The van der Waals surface area contributed by atoms with Crippen LogP contribution in [0, 0.1) is 34.6 Å². The zero-order chi connectivity index (χ0) is 18.8. The van der Waals surface area contributed by atoms with E-state index >= 15 is 0 Å². The third-order valence-electron chi connectivity index (χ3n) is 4.07. The number of aromatic nitrogens is 2. The van der Waals surface area contributed by atoms with Crippen molar-refractivity contribution < 1.29 is 9.21 Å². The smallest absolute Gasteiger partial charge is 0.259 e. The quantitative estimate of drug-likeness (QED) is 0.656. The van der Waals surface area contributed by atoms with Gasteiger partial charge in [-0.25, -0.2) is 9.97 Å². The maximum Gasteiger partial charge on any atom is 0.259 e. The Labute approximate surface area is 157 Å². The maximum absolute atomic E-state index is 12.5. The van der Waals surface area contributed by atoms with Crippen molar-refractivity contribution in [1.82, 2.24) is 9.97 Å². The lowest BCUT2D eigenvalue weighted by atomic mass is 10.1. The molecule has 0 atom stereocenters. The molecule has 2 aromatic heterocycles. The summed E-state index contributed by atoms with van der Waals surface area (Å²) in [5.41, 5.74) is 4.11. The molecule has 6 heteroatoms. The predicted octanol–water partition coefficient (Wildman–Crippen LogP) is 5.02. The summed E-state index contributed by atoms with van der Waals surface area (Å²) in [6.45, 7) is 9.47. The highest BCUT2D eigenvalue weighted by Gasteiger charge is 2.18. The van der Waals surface area contributed by atoms with Gasteiger partial charge in [0.05, 0.1) is 5.56 Å². The van der Waals surface area contributed by atoms with Crippen LogP contribution in [0.15, 0.2) is 44.8 Å². The number of rotatable bonds is 4. The molecule has 5 nitrogen and oxygen atoms in total. The molecule has 1 amide bonds. The van der Waals surface area contributed by atoms with Gasteiger partial charge in [0, 0.05) is 27.5 Å². The molecule has 0 unspecified atom stereocenters. The van der Waals surface area contributed by atoms with Crippen molar-refractivity contribution in [2.75, 3.05) is 5.32 Å². The van der Waals surface area contributed by atoms with Gasteiger partial charge in [-0.05, 0) is 76.7 Å². The lowest BCUT2D eigenvalue weighted by Gasteiger charge is -2.07. The van der Waals surface area contributed by atoms with Gasteiger partial charge in [0.15, 0.2) is 5.16 Å². The molecule has 0 bridgehead atoms. The number of carbonyl (C=O) groups is 1. The molecular formula is C20H21N3O2S. The molecule has 0 aliphatic carbocycles. The van der Waals surface area contributed by atoms with Crippen LogP contribution < -0.4 is 5.32 Å². The third kappa shape index (κ3) is 3.96. The molecule has 0 saturated heterocycles. The molecule has 2 heterocycles. The minimum atomic E-state index is -0.158. The first-order chi connectivity index (χ1) is 12.3. The van der Waals surface area contributed by atoms with Crippen LogP contribution in [0.25, 0.3) is 0 Å². The van der Waals surface area contributed by atoms with Gasteiger partial charge in [0.1, 0.15) is 11.5 Å². The van der Waals surface area contributed by atoms with Crippen molar-refractivity contribution in [1.29, 1.82) is 0 Å². The van der Waals surface area contributed by atoms with Crippen molar-refractivity contribution in [3.8, 4) is 0 Å². The number of nitrogens with zero attached hydrogens (tertiary/aromatic N) is 2. The van der Waals surface area contributed by atoms with Gasteiger partial charge in [-0.3, -0.25) is 4.79 Å². The molecule has 26 heavy (non-hydrogen) atoms. The zero-order valence-corrected chi connectivity index (χ0v) is 16.3. The van der Waals surface area contributed by atoms with E-state index in [-0.39, 0.29) is 5.91 Å². The van der Waals surface area contributed by atoms with Crippen LogP contribution in [0.3, 0.4) is 0 Å². The van der Waals surface area contributed by atoms with E-state index in [0.29, 0.717) is 11.3 Å². The van der Waals surface area contributed by atoms with Gasteiger partial charge < -0.3 is 9.73 Å². The molecule has 3 aromatic rings. The fourth-order valence-corrected chi connectivity index (χ4v) is 3.63. The van der Waals surface area contributed by atoms with E-state index < -0.39 is 0 Å². The fraction of sp³-hybridized carbons (Fsp3) is 0.250. The maximum atomic E-state index is 12.5. The van der Waals surface area contributed by atoms with Crippen LogP contribution in [0.5, 0.6) is 0 Å². The van der Waals surface area contributed by atoms with E-state index in [4.69, 9.17) is 4.42 Å². The van der Waals surface area contributed by atoms with Gasteiger partial charge in [0.25, 0.3) is 5.91 Å². The molecule has 0 aliphatic heterocycles. The Balaban J connectivity index is 1.72. The first-order valence-electron chi connectivity index (χ1n) is 8.31. The summed E-state index contributed by atoms with van der Waals surface area (Å²) in [6, 6.07) is 9.59. The molecule has 0 radical (unpaired) electrons. The van der Waals surface area contributed by atoms with Gasteiger partial charge in [-0.2, -0.15) is 0 Å². The van der Waals surface area contributed by atoms with E-state index in [9.17, 15) is 4.79 Å². The summed E-state index contributed by atoms with van der Waals surface area (Å²) < 4.78 is 5.53. The molecule has 0 spiro atoms. The number of nitrogens with one attached hydrogen (secondary N) is 1. The highest BCUT2D eigenvalue weighted by Crippen LogP contribution is 2.27. The van der Waals surface area contributed by atoms with Gasteiger partial charge >= 0.3 is 0 Å². The zero-order valence-electron chi connectivity index (χ0n) is 15.5. The molecule has 0 fully saturated rings. The number of hydrogen-bond donors (Lipinski definition) is 1. The number of furan rings is 1. The first-order valence-corrected chi connectivity index (χ1v) is 9.13. The van der Waals surface area contributed by atoms with Crippen molar-refractivity contribution >= 4 is 23.4 Å².